The molecule has 0 radical (unpaired) electrons. The van der Waals surface area contributed by atoms with E-state index in [-0.39, 0.29) is 17.9 Å². The van der Waals surface area contributed by atoms with Crippen molar-refractivity contribution >= 4 is 23.2 Å². The zero-order valence-electron chi connectivity index (χ0n) is 17.4. The smallest absolute Gasteiger partial charge is 0.237 e. The highest BCUT2D eigenvalue weighted by molar-refractivity contribution is 6.21. The predicted octanol–water partition coefficient (Wildman–Crippen LogP) is 2.91. The van der Waals surface area contributed by atoms with Crippen molar-refractivity contribution in [3.05, 3.63) is 37.3 Å². The first-order valence-corrected chi connectivity index (χ1v) is 9.82. The third-order valence-electron chi connectivity index (χ3n) is 5.07. The van der Waals surface area contributed by atoms with Gasteiger partial charge in [0, 0.05) is 30.8 Å². The van der Waals surface area contributed by atoms with Crippen LogP contribution >= 0.6 is 0 Å². The largest absolute Gasteiger partial charge is 0.342 e. The molecule has 0 unspecified atom stereocenters. The lowest BCUT2D eigenvalue weighted by atomic mass is 10.0. The highest BCUT2D eigenvalue weighted by atomic mass is 15.4. The molecule has 0 saturated carbocycles. The fraction of sp³-hybridized carbons (Fsp3) is 0.350. The van der Waals surface area contributed by atoms with Gasteiger partial charge in [-0.05, 0) is 27.2 Å². The molecule has 3 aromatic heterocycles. The van der Waals surface area contributed by atoms with E-state index in [4.69, 9.17) is 15.8 Å². The summed E-state index contributed by atoms with van der Waals surface area (Å²) in [5.41, 5.74) is 1.40. The number of hydrogen-bond acceptors (Lipinski definition) is 8. The Hall–Kier alpha value is -3.69. The lowest BCUT2D eigenvalue weighted by Gasteiger charge is -2.45. The molecule has 1 aliphatic heterocycles. The van der Waals surface area contributed by atoms with E-state index in [1.807, 2.05) is 6.92 Å². The number of nitrogens with one attached hydrogen (secondary N) is 2. The minimum Gasteiger partial charge on any atom is -0.342 e. The molecule has 154 valence electrons. The van der Waals surface area contributed by atoms with Gasteiger partial charge in [-0.2, -0.15) is 4.98 Å². The van der Waals surface area contributed by atoms with Crippen LogP contribution < -0.4 is 9.80 Å². The lowest BCUT2D eigenvalue weighted by molar-refractivity contribution is 0.596. The summed E-state index contributed by atoms with van der Waals surface area (Å²) in [7, 11) is 0. The van der Waals surface area contributed by atoms with Gasteiger partial charge >= 0.3 is 0 Å². The first-order chi connectivity index (χ1) is 14.4. The Morgan fingerprint density at radius 2 is 1.90 bits per heavy atom. The summed E-state index contributed by atoms with van der Waals surface area (Å²) >= 11 is 0. The Morgan fingerprint density at radius 3 is 2.53 bits per heavy atom. The molecule has 0 aromatic carbocycles. The number of anilines is 2. The monoisotopic (exact) mass is 404 g/mol. The van der Waals surface area contributed by atoms with Crippen LogP contribution in [0.4, 0.5) is 11.5 Å². The lowest BCUT2D eigenvalue weighted by Crippen LogP contribution is -2.56. The van der Waals surface area contributed by atoms with Crippen molar-refractivity contribution in [1.82, 2.24) is 29.5 Å². The first kappa shape index (κ1) is 19.6. The molecule has 1 aliphatic rings. The third kappa shape index (κ3) is 3.10. The zero-order chi connectivity index (χ0) is 21.4. The number of rotatable bonds is 4. The van der Waals surface area contributed by atoms with Gasteiger partial charge in [-0.15, -0.1) is 0 Å². The quantitative estimate of drug-likeness (QED) is 0.506. The van der Waals surface area contributed by atoms with Crippen LogP contribution in [0.3, 0.4) is 0 Å². The molecule has 0 fully saturated rings. The van der Waals surface area contributed by atoms with Gasteiger partial charge in [0.15, 0.2) is 5.82 Å². The molecule has 4 rings (SSSR count). The van der Waals surface area contributed by atoms with Crippen LogP contribution in [0.2, 0.25) is 0 Å². The summed E-state index contributed by atoms with van der Waals surface area (Å²) < 4.78 is 1.79. The van der Waals surface area contributed by atoms with Gasteiger partial charge in [0.05, 0.1) is 17.8 Å². The van der Waals surface area contributed by atoms with Crippen molar-refractivity contribution in [3.8, 4) is 17.3 Å². The molecule has 0 saturated heterocycles. The van der Waals surface area contributed by atoms with Crippen molar-refractivity contribution in [2.75, 3.05) is 9.80 Å². The maximum atomic E-state index is 8.69. The van der Waals surface area contributed by atoms with Crippen LogP contribution in [-0.4, -0.2) is 53.2 Å². The van der Waals surface area contributed by atoms with Gasteiger partial charge in [0.25, 0.3) is 0 Å². The van der Waals surface area contributed by atoms with Crippen LogP contribution in [0.25, 0.3) is 17.3 Å². The molecule has 10 heteroatoms. The number of fused-ring (bicyclic) bond motifs is 1. The van der Waals surface area contributed by atoms with E-state index >= 15 is 0 Å². The Kier molecular flexibility index (Phi) is 4.98. The van der Waals surface area contributed by atoms with Gasteiger partial charge in [-0.1, -0.05) is 6.92 Å². The predicted molar refractivity (Wildman–Crippen MR) is 115 cm³/mol. The van der Waals surface area contributed by atoms with Crippen LogP contribution in [0, 0.1) is 10.8 Å². The van der Waals surface area contributed by atoms with Crippen LogP contribution in [-0.2, 0) is 0 Å². The molecule has 30 heavy (non-hydrogen) atoms. The van der Waals surface area contributed by atoms with Crippen LogP contribution in [0.5, 0.6) is 0 Å². The summed E-state index contributed by atoms with van der Waals surface area (Å²) in [6.07, 6.45) is 10.8. The van der Waals surface area contributed by atoms with E-state index in [0.29, 0.717) is 29.1 Å². The molecule has 10 nitrogen and oxygen atoms in total. The second-order valence-electron chi connectivity index (χ2n) is 7.36. The van der Waals surface area contributed by atoms with Crippen molar-refractivity contribution in [1.29, 1.82) is 10.8 Å². The van der Waals surface area contributed by atoms with Gasteiger partial charge in [0.2, 0.25) is 5.95 Å². The zero-order valence-corrected chi connectivity index (χ0v) is 17.4. The second kappa shape index (κ2) is 7.62. The normalized spacial score (nSPS) is 16.2. The van der Waals surface area contributed by atoms with E-state index < -0.39 is 0 Å². The number of hydrogen-bond donors (Lipinski definition) is 2. The molecule has 3 aromatic rings. The van der Waals surface area contributed by atoms with E-state index in [2.05, 4.69) is 38.7 Å². The summed E-state index contributed by atoms with van der Waals surface area (Å²) in [6, 6.07) is -0.0555. The average Bonchev–Trinajstić information content (AvgIpc) is 3.22. The Bertz CT molecular complexity index is 1090. The Morgan fingerprint density at radius 1 is 1.17 bits per heavy atom. The van der Waals surface area contributed by atoms with Crippen LogP contribution in [0.15, 0.2) is 37.3 Å². The SMILES string of the molecule is CC[C@@H]1C(=N)N(C(C)=N)c2cnc(-n3ccnc3-c3cncnc3)nc2N1C(C)C. The highest BCUT2D eigenvalue weighted by Gasteiger charge is 2.38. The molecule has 2 N–H and O–H groups in total. The topological polar surface area (TPSA) is 124 Å². The number of nitrogens with zero attached hydrogens (tertiary/aromatic N) is 8. The second-order valence-corrected chi connectivity index (χ2v) is 7.36. The minimum absolute atomic E-state index is 0.120. The molecule has 4 heterocycles. The molecule has 0 aliphatic carbocycles. The first-order valence-electron chi connectivity index (χ1n) is 9.82. The van der Waals surface area contributed by atoms with Crippen molar-refractivity contribution in [3.63, 3.8) is 0 Å². The summed E-state index contributed by atoms with van der Waals surface area (Å²) in [5.74, 6) is 2.44. The molecule has 0 spiro atoms. The molecule has 0 amide bonds. The summed E-state index contributed by atoms with van der Waals surface area (Å²) in [6.45, 7) is 7.88. The molecule has 1 atom stereocenters. The number of aromatic nitrogens is 6. The summed E-state index contributed by atoms with van der Waals surface area (Å²) in [4.78, 5) is 25.7. The molecular formula is C20H24N10. The molecule has 0 bridgehead atoms. The minimum atomic E-state index is -0.176. The maximum absolute atomic E-state index is 8.69. The van der Waals surface area contributed by atoms with Gasteiger partial charge < -0.3 is 4.90 Å². The van der Waals surface area contributed by atoms with Gasteiger partial charge in [-0.25, -0.2) is 19.9 Å². The van der Waals surface area contributed by atoms with Crippen molar-refractivity contribution < 1.29 is 0 Å². The standard InChI is InChI=1S/C20H24N10/c1-5-15-17(22)30(13(4)21)16-10-26-20(27-19(16)29(15)12(2)3)28-7-6-25-18(28)14-8-23-11-24-9-14/h6-12,15,21-22H,5H2,1-4H3/t15-/m1/s1. The highest BCUT2D eigenvalue weighted by Crippen LogP contribution is 2.37. The van der Waals surface area contributed by atoms with E-state index in [0.717, 1.165) is 12.0 Å². The van der Waals surface area contributed by atoms with Crippen LogP contribution in [0.1, 0.15) is 34.1 Å². The fourth-order valence-corrected chi connectivity index (χ4v) is 3.83. The van der Waals surface area contributed by atoms with E-state index in [1.54, 1.807) is 47.4 Å². The van der Waals surface area contributed by atoms with Crippen molar-refractivity contribution in [2.24, 2.45) is 0 Å². The van der Waals surface area contributed by atoms with Gasteiger partial charge in [-0.3, -0.25) is 20.3 Å². The van der Waals surface area contributed by atoms with Gasteiger partial charge in [0.1, 0.15) is 29.5 Å². The maximum Gasteiger partial charge on any atom is 0.237 e. The number of amidine groups is 2. The third-order valence-corrected chi connectivity index (χ3v) is 5.07. The van der Waals surface area contributed by atoms with Crippen molar-refractivity contribution in [2.45, 2.75) is 46.2 Å². The Balaban J connectivity index is 1.89. The summed E-state index contributed by atoms with van der Waals surface area (Å²) in [5, 5.41) is 16.9. The van der Waals surface area contributed by atoms with E-state index in [1.165, 1.54) is 6.33 Å². The average molecular weight is 404 g/mol. The number of imidazole rings is 1. The molecular weight excluding hydrogens is 380 g/mol. The Labute approximate surface area is 174 Å². The fourth-order valence-electron chi connectivity index (χ4n) is 3.83. The van der Waals surface area contributed by atoms with E-state index in [9.17, 15) is 0 Å².